The Labute approximate surface area is 144 Å². The van der Waals surface area contributed by atoms with Crippen molar-refractivity contribution in [1.29, 1.82) is 0 Å². The van der Waals surface area contributed by atoms with Gasteiger partial charge in [-0.15, -0.1) is 0 Å². The van der Waals surface area contributed by atoms with Crippen molar-refractivity contribution in [2.75, 3.05) is 0 Å². The Kier molecular flexibility index (Phi) is 13.7. The summed E-state index contributed by atoms with van der Waals surface area (Å²) >= 11 is 0. The van der Waals surface area contributed by atoms with Crippen LogP contribution in [-0.4, -0.2) is 99.5 Å². The molecule has 0 fully saturated rings. The van der Waals surface area contributed by atoms with Gasteiger partial charge in [0.15, 0.2) is 0 Å². The molecule has 0 aliphatic heterocycles. The molecule has 50 valence electrons. The predicted molar refractivity (Wildman–Crippen MR) is 48.3 cm³/mol. The molecule has 0 bridgehead atoms. The molecule has 0 saturated carbocycles. The fourth-order valence-corrected chi connectivity index (χ4v) is 0.583. The first-order valence-corrected chi connectivity index (χ1v) is 2.58. The zero-order valence-corrected chi connectivity index (χ0v) is 13.9. The molecule has 0 aliphatic carbocycles. The van der Waals surface area contributed by atoms with Crippen LogP contribution in [0.5, 0.6) is 0 Å². The number of aliphatic hydroxyl groups excluding tert-OH is 1. The third-order valence-electron chi connectivity index (χ3n) is 1.03. The summed E-state index contributed by atoms with van der Waals surface area (Å²) in [6.45, 7) is 0.140. The quantitative estimate of drug-likeness (QED) is 0.754. The number of hydrogen-bond donors (Lipinski definition) is 1. The average molecular weight is 337 g/mol. The van der Waals surface area contributed by atoms with Gasteiger partial charge in [0.05, 0.1) is 6.61 Å². The van der Waals surface area contributed by atoms with Crippen molar-refractivity contribution >= 4 is 94.4 Å². The molecule has 1 N–H and O–H groups in total. The Balaban J connectivity index is -0.0000000267. The summed E-state index contributed by atoms with van der Waals surface area (Å²) in [5.41, 5.74) is 0.965. The smallest absolute Gasteiger partial charge is 1.00 e. The van der Waals surface area contributed by atoms with Gasteiger partial charge < -0.3 is 10.8 Å². The summed E-state index contributed by atoms with van der Waals surface area (Å²) < 4.78 is 0. The molecule has 1 nitrogen and oxygen atoms in total. The monoisotopic (exact) mass is 338 g/mol. The van der Waals surface area contributed by atoms with Crippen LogP contribution in [0.25, 0.3) is 0 Å². The third-order valence-corrected chi connectivity index (χ3v) is 1.03. The topological polar surface area (TPSA) is 20.2 Å². The van der Waals surface area contributed by atoms with Gasteiger partial charge in [0, 0.05) is 0 Å². The van der Waals surface area contributed by atoms with Crippen molar-refractivity contribution in [2.45, 2.75) is 6.61 Å². The molecule has 1 aromatic rings. The Morgan fingerprint density at radius 2 is 1.70 bits per heavy atom. The van der Waals surface area contributed by atoms with E-state index in [4.69, 9.17) is 5.11 Å². The van der Waals surface area contributed by atoms with E-state index >= 15 is 0 Å². The van der Waals surface area contributed by atoms with Gasteiger partial charge in [-0.1, -0.05) is 30.3 Å². The van der Waals surface area contributed by atoms with Gasteiger partial charge in [-0.05, 0) is 5.56 Å². The average Bonchev–Trinajstić information content (AvgIpc) is 1.90. The summed E-state index contributed by atoms with van der Waals surface area (Å²) in [6.07, 6.45) is 0. The molecule has 1 aromatic carbocycles. The number of benzene rings is 1. The Morgan fingerprint density at radius 1 is 1.20 bits per heavy atom. The Bertz CT molecular complexity index is 167. The second kappa shape index (κ2) is 9.32. The van der Waals surface area contributed by atoms with Crippen molar-refractivity contribution in [1.82, 2.24) is 0 Å². The van der Waals surface area contributed by atoms with Crippen LogP contribution in [0.15, 0.2) is 30.3 Å². The van der Waals surface area contributed by atoms with E-state index in [0.29, 0.717) is 0 Å². The van der Waals surface area contributed by atoms with Crippen LogP contribution in [0.2, 0.25) is 0 Å². The normalized spacial score (nSPS) is 7.30. The first-order valence-electron chi connectivity index (χ1n) is 2.58. The number of hydrogen-bond acceptors (Lipinski definition) is 1. The second-order valence-corrected chi connectivity index (χ2v) is 1.64. The van der Waals surface area contributed by atoms with E-state index in [1.54, 1.807) is 0 Å². The summed E-state index contributed by atoms with van der Waals surface area (Å²) in [4.78, 5) is 0. The van der Waals surface area contributed by atoms with Gasteiger partial charge in [-0.3, -0.25) is 0 Å². The molecule has 0 unspecified atom stereocenters. The van der Waals surface area contributed by atoms with Crippen LogP contribution in [0.1, 0.15) is 11.3 Å². The van der Waals surface area contributed by atoms with E-state index in [-0.39, 0.29) is 107 Å². The van der Waals surface area contributed by atoms with E-state index in [0.717, 1.165) is 5.56 Å². The fraction of sp³-hybridized carbons (Fsp3) is 0.143. The maximum atomic E-state index is 8.54. The maximum Gasteiger partial charge on any atom is 2.00 e. The molecule has 10 heavy (non-hydrogen) atoms. The molecule has 3 heteroatoms. The standard InChI is InChI=1S/C7H8O.Ba.Sr.4H/c8-6-7-4-2-1-3-5-7;;;;;;/h1-5,8H,6H2;;;;;;/q;2*+2;4*-1. The molecule has 0 aliphatic rings. The van der Waals surface area contributed by atoms with Crippen LogP contribution >= 0.6 is 0 Å². The van der Waals surface area contributed by atoms with E-state index < -0.39 is 0 Å². The first kappa shape index (κ1) is 14.7. The predicted octanol–water partition coefficient (Wildman–Crippen LogP) is 0.867. The number of aliphatic hydroxyl groups is 1. The van der Waals surface area contributed by atoms with Crippen LogP contribution in [-0.2, 0) is 6.61 Å². The van der Waals surface area contributed by atoms with Crippen LogP contribution in [0.4, 0.5) is 0 Å². The minimum atomic E-state index is 0. The number of rotatable bonds is 1. The molecule has 0 aromatic heterocycles. The largest absolute Gasteiger partial charge is 2.00 e. The summed E-state index contributed by atoms with van der Waals surface area (Å²) in [7, 11) is 0. The zero-order chi connectivity index (χ0) is 5.82. The van der Waals surface area contributed by atoms with Crippen molar-refractivity contribution in [2.24, 2.45) is 0 Å². The van der Waals surface area contributed by atoms with Crippen LogP contribution in [0.3, 0.4) is 0 Å². The van der Waals surface area contributed by atoms with Gasteiger partial charge in [-0.25, -0.2) is 0 Å². The molecule has 0 atom stereocenters. The molecule has 0 spiro atoms. The van der Waals surface area contributed by atoms with Crippen LogP contribution < -0.4 is 0 Å². The maximum absolute atomic E-state index is 8.54. The van der Waals surface area contributed by atoms with Crippen molar-refractivity contribution in [3.8, 4) is 0 Å². The molecular weight excluding hydrogens is 325 g/mol. The van der Waals surface area contributed by atoms with E-state index in [1.165, 1.54) is 0 Å². The molecule has 0 heterocycles. The van der Waals surface area contributed by atoms with Crippen molar-refractivity contribution in [3.63, 3.8) is 0 Å². The summed E-state index contributed by atoms with van der Waals surface area (Å²) in [5.74, 6) is 0. The first-order chi connectivity index (χ1) is 3.93. The van der Waals surface area contributed by atoms with Gasteiger partial charge >= 0.3 is 94.4 Å². The third kappa shape index (κ3) is 5.83. The molecule has 1 rings (SSSR count). The van der Waals surface area contributed by atoms with E-state index in [1.807, 2.05) is 30.3 Å². The summed E-state index contributed by atoms with van der Waals surface area (Å²) in [6, 6.07) is 9.52. The molecular formula is C7H12BaOSr. The van der Waals surface area contributed by atoms with Gasteiger partial charge in [0.2, 0.25) is 0 Å². The van der Waals surface area contributed by atoms with Crippen molar-refractivity contribution in [3.05, 3.63) is 35.9 Å². The molecule has 0 amide bonds. The Morgan fingerprint density at radius 3 is 2.00 bits per heavy atom. The summed E-state index contributed by atoms with van der Waals surface area (Å²) in [5, 5.41) is 8.54. The fourth-order valence-electron chi connectivity index (χ4n) is 0.583. The SMILES string of the molecule is OCc1ccccc1.[Ba+2].[H-].[H-].[H-].[H-].[Sr+2]. The zero-order valence-electron chi connectivity index (χ0n) is 9.96. The molecule has 0 radical (unpaired) electrons. The minimum Gasteiger partial charge on any atom is -1.00 e. The molecule has 0 saturated heterocycles. The van der Waals surface area contributed by atoms with E-state index in [9.17, 15) is 0 Å². The Hall–Kier alpha value is 2.23. The van der Waals surface area contributed by atoms with Gasteiger partial charge in [-0.2, -0.15) is 0 Å². The van der Waals surface area contributed by atoms with E-state index in [2.05, 4.69) is 0 Å². The minimum absolute atomic E-state index is 0. The van der Waals surface area contributed by atoms with Crippen molar-refractivity contribution < 1.29 is 10.8 Å². The van der Waals surface area contributed by atoms with Gasteiger partial charge in [0.25, 0.3) is 0 Å². The van der Waals surface area contributed by atoms with Crippen LogP contribution in [0, 0.1) is 0 Å². The van der Waals surface area contributed by atoms with Gasteiger partial charge in [0.1, 0.15) is 0 Å². The second-order valence-electron chi connectivity index (χ2n) is 1.64.